The quantitative estimate of drug-likeness (QED) is 0.760. The van der Waals surface area contributed by atoms with Crippen molar-refractivity contribution in [1.82, 2.24) is 0 Å². The predicted octanol–water partition coefficient (Wildman–Crippen LogP) is 4.18. The molecule has 0 aliphatic rings. The van der Waals surface area contributed by atoms with E-state index in [1.165, 1.54) is 11.1 Å². The SMILES string of the molecule is CO[C@H](c1ccccc1)[C@@H](C)c1ccccc1. The van der Waals surface area contributed by atoms with Gasteiger partial charge in [-0.3, -0.25) is 0 Å². The summed E-state index contributed by atoms with van der Waals surface area (Å²) in [6, 6.07) is 20.9. The molecule has 0 fully saturated rings. The minimum atomic E-state index is 0.110. The average molecular weight is 226 g/mol. The molecule has 0 heterocycles. The largest absolute Gasteiger partial charge is 0.376 e. The van der Waals surface area contributed by atoms with Gasteiger partial charge in [0.1, 0.15) is 0 Å². The number of ether oxygens (including phenoxy) is 1. The van der Waals surface area contributed by atoms with Crippen molar-refractivity contribution in [1.29, 1.82) is 0 Å². The Morgan fingerprint density at radius 2 is 1.24 bits per heavy atom. The first-order chi connectivity index (χ1) is 8.33. The van der Waals surface area contributed by atoms with E-state index in [2.05, 4.69) is 55.5 Å². The third-order valence-electron chi connectivity index (χ3n) is 3.16. The molecule has 2 aromatic rings. The molecule has 0 saturated heterocycles. The van der Waals surface area contributed by atoms with Gasteiger partial charge < -0.3 is 4.74 Å². The highest BCUT2D eigenvalue weighted by atomic mass is 16.5. The molecular formula is C16H18O. The van der Waals surface area contributed by atoms with Crippen LogP contribution >= 0.6 is 0 Å². The monoisotopic (exact) mass is 226 g/mol. The zero-order valence-corrected chi connectivity index (χ0v) is 10.3. The van der Waals surface area contributed by atoms with Crippen LogP contribution in [-0.4, -0.2) is 7.11 Å². The van der Waals surface area contributed by atoms with E-state index in [1.807, 2.05) is 12.1 Å². The van der Waals surface area contributed by atoms with Crippen molar-refractivity contribution < 1.29 is 4.74 Å². The lowest BCUT2D eigenvalue weighted by Gasteiger charge is -2.23. The van der Waals surface area contributed by atoms with E-state index in [0.29, 0.717) is 5.92 Å². The predicted molar refractivity (Wildman–Crippen MR) is 71.0 cm³/mol. The fourth-order valence-electron chi connectivity index (χ4n) is 2.20. The summed E-state index contributed by atoms with van der Waals surface area (Å²) in [6.07, 6.45) is 0.110. The van der Waals surface area contributed by atoms with Crippen LogP contribution < -0.4 is 0 Å². The van der Waals surface area contributed by atoms with Gasteiger partial charge in [0.15, 0.2) is 0 Å². The van der Waals surface area contributed by atoms with Crippen molar-refractivity contribution in [2.75, 3.05) is 7.11 Å². The molecule has 0 N–H and O–H groups in total. The summed E-state index contributed by atoms with van der Waals surface area (Å²) in [5.41, 5.74) is 2.54. The topological polar surface area (TPSA) is 9.23 Å². The molecule has 2 aromatic carbocycles. The molecule has 0 amide bonds. The van der Waals surface area contributed by atoms with Crippen LogP contribution in [0.5, 0.6) is 0 Å². The number of benzene rings is 2. The smallest absolute Gasteiger partial charge is 0.0886 e. The molecule has 88 valence electrons. The van der Waals surface area contributed by atoms with Crippen molar-refractivity contribution in [2.24, 2.45) is 0 Å². The second-order valence-electron chi connectivity index (χ2n) is 4.27. The van der Waals surface area contributed by atoms with Gasteiger partial charge in [-0.1, -0.05) is 67.6 Å². The Balaban J connectivity index is 2.25. The lowest BCUT2D eigenvalue weighted by molar-refractivity contribution is 0.0836. The van der Waals surface area contributed by atoms with E-state index in [-0.39, 0.29) is 6.10 Å². The Kier molecular flexibility index (Phi) is 3.94. The van der Waals surface area contributed by atoms with Gasteiger partial charge in [-0.15, -0.1) is 0 Å². The van der Waals surface area contributed by atoms with Crippen LogP contribution in [0.4, 0.5) is 0 Å². The van der Waals surface area contributed by atoms with Crippen LogP contribution in [-0.2, 0) is 4.74 Å². The molecular weight excluding hydrogens is 208 g/mol. The third-order valence-corrected chi connectivity index (χ3v) is 3.16. The number of hydrogen-bond donors (Lipinski definition) is 0. The van der Waals surface area contributed by atoms with Gasteiger partial charge in [-0.05, 0) is 11.1 Å². The molecule has 0 radical (unpaired) electrons. The zero-order chi connectivity index (χ0) is 12.1. The van der Waals surface area contributed by atoms with Gasteiger partial charge in [0.2, 0.25) is 0 Å². The minimum Gasteiger partial charge on any atom is -0.376 e. The summed E-state index contributed by atoms with van der Waals surface area (Å²) in [5, 5.41) is 0. The molecule has 1 nitrogen and oxygen atoms in total. The van der Waals surface area contributed by atoms with E-state index < -0.39 is 0 Å². The zero-order valence-electron chi connectivity index (χ0n) is 10.3. The maximum atomic E-state index is 5.65. The van der Waals surface area contributed by atoms with Crippen LogP contribution in [0.2, 0.25) is 0 Å². The average Bonchev–Trinajstić information content (AvgIpc) is 2.42. The summed E-state index contributed by atoms with van der Waals surface area (Å²) in [6.45, 7) is 2.20. The lowest BCUT2D eigenvalue weighted by atomic mass is 9.91. The summed E-state index contributed by atoms with van der Waals surface area (Å²) in [5.74, 6) is 0.351. The Morgan fingerprint density at radius 1 is 0.765 bits per heavy atom. The third kappa shape index (κ3) is 2.75. The molecule has 1 heteroatoms. The van der Waals surface area contributed by atoms with Crippen LogP contribution in [0, 0.1) is 0 Å². The maximum absolute atomic E-state index is 5.65. The Morgan fingerprint density at radius 3 is 1.71 bits per heavy atom. The first-order valence-corrected chi connectivity index (χ1v) is 5.95. The second-order valence-corrected chi connectivity index (χ2v) is 4.27. The highest BCUT2D eigenvalue weighted by Crippen LogP contribution is 2.32. The fourth-order valence-corrected chi connectivity index (χ4v) is 2.20. The second kappa shape index (κ2) is 5.65. The Hall–Kier alpha value is -1.60. The summed E-state index contributed by atoms with van der Waals surface area (Å²) >= 11 is 0. The van der Waals surface area contributed by atoms with Gasteiger partial charge in [-0.25, -0.2) is 0 Å². The molecule has 2 rings (SSSR count). The molecule has 0 unspecified atom stereocenters. The lowest BCUT2D eigenvalue weighted by Crippen LogP contribution is -2.10. The molecule has 0 saturated carbocycles. The van der Waals surface area contributed by atoms with Crippen molar-refractivity contribution in [2.45, 2.75) is 18.9 Å². The molecule has 0 aliphatic carbocycles. The van der Waals surface area contributed by atoms with E-state index in [9.17, 15) is 0 Å². The van der Waals surface area contributed by atoms with Gasteiger partial charge in [0, 0.05) is 13.0 Å². The molecule has 0 aliphatic heterocycles. The first kappa shape index (κ1) is 11.9. The van der Waals surface area contributed by atoms with E-state index >= 15 is 0 Å². The van der Waals surface area contributed by atoms with Crippen LogP contribution in [0.25, 0.3) is 0 Å². The van der Waals surface area contributed by atoms with E-state index in [0.717, 1.165) is 0 Å². The van der Waals surface area contributed by atoms with Gasteiger partial charge >= 0.3 is 0 Å². The van der Waals surface area contributed by atoms with E-state index in [1.54, 1.807) is 7.11 Å². The number of hydrogen-bond acceptors (Lipinski definition) is 1. The van der Waals surface area contributed by atoms with Crippen LogP contribution in [0.1, 0.15) is 30.1 Å². The summed E-state index contributed by atoms with van der Waals surface area (Å²) in [7, 11) is 1.77. The molecule has 0 spiro atoms. The van der Waals surface area contributed by atoms with Gasteiger partial charge in [0.25, 0.3) is 0 Å². The van der Waals surface area contributed by atoms with Crippen molar-refractivity contribution >= 4 is 0 Å². The number of methoxy groups -OCH3 is 1. The minimum absolute atomic E-state index is 0.110. The first-order valence-electron chi connectivity index (χ1n) is 5.95. The molecule has 2 atom stereocenters. The van der Waals surface area contributed by atoms with Gasteiger partial charge in [0.05, 0.1) is 6.10 Å². The highest BCUT2D eigenvalue weighted by molar-refractivity contribution is 5.26. The standard InChI is InChI=1S/C16H18O/c1-13(14-9-5-3-6-10-14)16(17-2)15-11-7-4-8-12-15/h3-13,16H,1-2H3/t13-,16-/m0/s1. The van der Waals surface area contributed by atoms with Crippen molar-refractivity contribution in [3.05, 3.63) is 71.8 Å². The molecule has 17 heavy (non-hydrogen) atoms. The Bertz CT molecular complexity index is 436. The fraction of sp³-hybridized carbons (Fsp3) is 0.250. The molecule has 0 aromatic heterocycles. The maximum Gasteiger partial charge on any atom is 0.0886 e. The van der Waals surface area contributed by atoms with Crippen molar-refractivity contribution in [3.8, 4) is 0 Å². The summed E-state index contributed by atoms with van der Waals surface area (Å²) < 4.78 is 5.65. The summed E-state index contributed by atoms with van der Waals surface area (Å²) in [4.78, 5) is 0. The van der Waals surface area contributed by atoms with Crippen LogP contribution in [0.3, 0.4) is 0 Å². The normalized spacial score (nSPS) is 14.2. The van der Waals surface area contributed by atoms with Crippen molar-refractivity contribution in [3.63, 3.8) is 0 Å². The number of rotatable bonds is 4. The van der Waals surface area contributed by atoms with Gasteiger partial charge in [-0.2, -0.15) is 0 Å². The molecule has 0 bridgehead atoms. The Labute approximate surface area is 103 Å². The van der Waals surface area contributed by atoms with E-state index in [4.69, 9.17) is 4.74 Å². The highest BCUT2D eigenvalue weighted by Gasteiger charge is 2.19. The van der Waals surface area contributed by atoms with Crippen LogP contribution in [0.15, 0.2) is 60.7 Å².